The Bertz CT molecular complexity index is 2830. The zero-order chi connectivity index (χ0) is 46.8. The molecule has 342 valence electrons. The first-order chi connectivity index (χ1) is 30.8. The second-order valence-electron chi connectivity index (χ2n) is 16.6. The Morgan fingerprint density at radius 3 is 2.40 bits per heavy atom. The average Bonchev–Trinajstić information content (AvgIpc) is 3.68. The van der Waals surface area contributed by atoms with Crippen LogP contribution in [-0.4, -0.2) is 96.8 Å². The molecule has 65 heavy (non-hydrogen) atoms. The van der Waals surface area contributed by atoms with Crippen LogP contribution in [0.2, 0.25) is 5.02 Å². The molecule has 0 bridgehead atoms. The van der Waals surface area contributed by atoms with Gasteiger partial charge in [-0.2, -0.15) is 13.2 Å². The van der Waals surface area contributed by atoms with Gasteiger partial charge in [-0.15, -0.1) is 0 Å². The summed E-state index contributed by atoms with van der Waals surface area (Å²) in [7, 11) is -2.40. The summed E-state index contributed by atoms with van der Waals surface area (Å²) in [6.07, 6.45) is -3.20. The van der Waals surface area contributed by atoms with E-state index in [2.05, 4.69) is 22.5 Å². The van der Waals surface area contributed by atoms with Crippen molar-refractivity contribution in [1.29, 1.82) is 5.41 Å². The summed E-state index contributed by atoms with van der Waals surface area (Å²) in [6.45, 7) is 9.47. The number of nitrogens with zero attached hydrogens (tertiary/aromatic N) is 4. The van der Waals surface area contributed by atoms with Gasteiger partial charge in [0.25, 0.3) is 0 Å². The first-order valence-electron chi connectivity index (χ1n) is 20.9. The second-order valence-corrected chi connectivity index (χ2v) is 24.4. The molecule has 1 fully saturated rings. The van der Waals surface area contributed by atoms with Crippen molar-refractivity contribution in [2.24, 2.45) is 10.7 Å². The summed E-state index contributed by atoms with van der Waals surface area (Å²) in [5.74, 6) is 6.36. The van der Waals surface area contributed by atoms with Crippen molar-refractivity contribution in [3.8, 4) is 11.8 Å². The van der Waals surface area contributed by atoms with Crippen molar-refractivity contribution in [3.05, 3.63) is 105 Å². The molecule has 5 aromatic rings. The molecule has 3 aromatic carbocycles. The zero-order valence-electron chi connectivity index (χ0n) is 36.6. The van der Waals surface area contributed by atoms with Gasteiger partial charge in [-0.25, -0.2) is 0 Å². The molecule has 1 atom stereocenters. The molecule has 0 unspecified atom stereocenters. The van der Waals surface area contributed by atoms with Crippen LogP contribution in [0.4, 0.5) is 29.5 Å². The average molecular weight is 1060 g/mol. The first kappa shape index (κ1) is 48.2. The van der Waals surface area contributed by atoms with Gasteiger partial charge in [-0.3, -0.25) is 0 Å². The summed E-state index contributed by atoms with van der Waals surface area (Å²) < 4.78 is 56.4. The summed E-state index contributed by atoms with van der Waals surface area (Å²) >= 11 is 6.20. The Labute approximate surface area is 395 Å². The number of halogens is 5. The summed E-state index contributed by atoms with van der Waals surface area (Å²) in [4.78, 5) is 35.2. The predicted molar refractivity (Wildman–Crippen MR) is 254 cm³/mol. The van der Waals surface area contributed by atoms with Gasteiger partial charge in [0.15, 0.2) is 0 Å². The van der Waals surface area contributed by atoms with Gasteiger partial charge in [0, 0.05) is 11.0 Å². The molecule has 0 spiro atoms. The van der Waals surface area contributed by atoms with Crippen LogP contribution in [0.25, 0.3) is 10.9 Å². The number of piperidine rings is 1. The number of hydrogen-bond acceptors (Lipinski definition) is 9. The number of carbonyl (C=O) groups excluding carboxylic acids is 2. The third-order valence-corrected chi connectivity index (χ3v) is 16.3. The van der Waals surface area contributed by atoms with Crippen molar-refractivity contribution < 1.29 is 53.1 Å². The number of aryl methyl sites for hydroxylation is 1. The number of thiophene rings is 1. The summed E-state index contributed by atoms with van der Waals surface area (Å²) in [5.41, 5.74) is 11.8. The quantitative estimate of drug-likeness (QED) is 0.0301. The number of amidine groups is 2. The van der Waals surface area contributed by atoms with Crippen LogP contribution in [-0.2, 0) is 20.7 Å². The number of hydrogen-bond donors (Lipinski definition) is 4. The molecule has 7 rings (SSSR count). The molecule has 2 aromatic heterocycles. The molecule has 0 aliphatic carbocycles. The number of fused-ring (bicyclic) bond motifs is 2. The number of carbonyl (C=O) groups is 2. The molecule has 0 saturated carbocycles. The van der Waals surface area contributed by atoms with E-state index < -0.39 is 47.1 Å². The van der Waals surface area contributed by atoms with Crippen LogP contribution in [0.1, 0.15) is 53.4 Å². The van der Waals surface area contributed by atoms with E-state index in [1.807, 2.05) is 36.9 Å². The van der Waals surface area contributed by atoms with Crippen LogP contribution < -0.4 is 42.9 Å². The Morgan fingerprint density at radius 2 is 1.75 bits per heavy atom. The Balaban J connectivity index is 0.978. The van der Waals surface area contributed by atoms with Gasteiger partial charge < -0.3 is 9.88 Å². The van der Waals surface area contributed by atoms with Gasteiger partial charge >= 0.3 is 307 Å². The predicted octanol–water partition coefficient (Wildman–Crippen LogP) is 5.57. The van der Waals surface area contributed by atoms with Gasteiger partial charge in [0.2, 0.25) is 0 Å². The van der Waals surface area contributed by atoms with E-state index in [1.165, 1.54) is 15.9 Å². The zero-order valence-corrected chi connectivity index (χ0v) is 41.2. The molecule has 11 nitrogen and oxygen atoms in total. The maximum atomic E-state index is 13.9. The standard InChI is InChI=1S/C47H49ClF3IN8O3PS/c1-28-29(2)65-46-43(28)44(31-11-13-32(48)14-12-31)57-39(45(54)60(46)30(3)53)25-41(61)52-42(62)26-58-22-19-34(20-23-58)56-38-9-6-10-40-37(38)24-35(59(40)27-47(49,50)51)8-7-21-55-33-15-17-36(18-16-33)64(4,5)63/h6,9-18,24,34,39,53-54,56H,19-23,25-27H2,1-5H3,(H,55,63)/q-1/p+1/t39-/m0/s1. The number of nitrogens with one attached hydrogen (secondary N) is 3. The maximum absolute atomic E-state index is 13.9. The van der Waals surface area contributed by atoms with Gasteiger partial charge in [-0.1, -0.05) is 5.92 Å². The number of aliphatic imine (C=N–C) groups is 1. The molecule has 2 aliphatic heterocycles. The number of benzene rings is 3. The number of rotatable bonds is 13. The SMILES string of the molecule is C/C(N)=[N+]1/C(=N)[C@H](CC(=O)[I-]C(=O)CN2CCC(Nc3cccc4c3cc(C#CCNc3ccc(P(C)(C)=O)cc3)n4CC(F)(F)F)CC2)N=C(c2ccc(Cl)cc2)c2c1sc(C)c2C. The van der Waals surface area contributed by atoms with Crippen molar-refractivity contribution in [2.75, 3.05) is 50.1 Å². The fraction of sp³-hybridized carbons (Fsp3) is 0.340. The van der Waals surface area contributed by atoms with E-state index in [0.717, 1.165) is 37.6 Å². The number of likely N-dealkylation sites (tertiary alicyclic amines) is 1. The van der Waals surface area contributed by atoms with E-state index in [-0.39, 0.29) is 44.7 Å². The number of anilines is 2. The normalized spacial score (nSPS) is 17.0. The van der Waals surface area contributed by atoms with E-state index in [9.17, 15) is 32.7 Å². The van der Waals surface area contributed by atoms with Gasteiger partial charge in [-0.05, 0) is 37.6 Å². The minimum atomic E-state index is -4.47. The van der Waals surface area contributed by atoms with Crippen LogP contribution in [0.3, 0.4) is 0 Å². The molecule has 0 radical (unpaired) electrons. The number of aromatic nitrogens is 1. The number of nitrogens with two attached hydrogens (primary N) is 1. The fourth-order valence-corrected chi connectivity index (χ4v) is 12.1. The van der Waals surface area contributed by atoms with E-state index in [1.54, 1.807) is 79.4 Å². The summed E-state index contributed by atoms with van der Waals surface area (Å²) in [5, 5.41) is 18.6. The third-order valence-electron chi connectivity index (χ3n) is 11.3. The first-order valence-corrected chi connectivity index (χ1v) is 26.9. The van der Waals surface area contributed by atoms with E-state index in [4.69, 9.17) is 22.3 Å². The molecule has 4 heterocycles. The van der Waals surface area contributed by atoms with Crippen molar-refractivity contribution in [3.63, 3.8) is 0 Å². The minimum absolute atomic E-state index is 0.00376. The molecule has 1 saturated heterocycles. The van der Waals surface area contributed by atoms with Crippen LogP contribution in [0, 0.1) is 31.1 Å². The van der Waals surface area contributed by atoms with Crippen LogP contribution in [0.5, 0.6) is 0 Å². The molecule has 5 N–H and O–H groups in total. The monoisotopic (exact) mass is 1060 g/mol. The summed E-state index contributed by atoms with van der Waals surface area (Å²) in [6, 6.07) is 20.6. The van der Waals surface area contributed by atoms with Crippen molar-refractivity contribution >= 4 is 87.6 Å². The number of alkyl halides is 3. The van der Waals surface area contributed by atoms with Gasteiger partial charge in [0.05, 0.1) is 6.54 Å². The van der Waals surface area contributed by atoms with Gasteiger partial charge in [0.1, 0.15) is 7.14 Å². The van der Waals surface area contributed by atoms with E-state index in [0.29, 0.717) is 59.1 Å². The van der Waals surface area contributed by atoms with Crippen LogP contribution in [0.15, 0.2) is 77.8 Å². The fourth-order valence-electron chi connectivity index (χ4n) is 7.96. The molecular formula is C47H50ClF3IN8O3PS. The van der Waals surface area contributed by atoms with Crippen LogP contribution >= 0.6 is 30.1 Å². The van der Waals surface area contributed by atoms with E-state index >= 15 is 0 Å². The topological polar surface area (TPSA) is 149 Å². The molecule has 18 heteroatoms. The molecule has 2 aliphatic rings. The Hall–Kier alpha value is -4.79. The van der Waals surface area contributed by atoms with Crippen molar-refractivity contribution in [1.82, 2.24) is 9.47 Å². The Kier molecular flexibility index (Phi) is 14.8. The third kappa shape index (κ3) is 11.6. The molecular weight excluding hydrogens is 1010 g/mol. The second kappa shape index (κ2) is 20.0. The Morgan fingerprint density at radius 1 is 1.06 bits per heavy atom. The molecule has 0 amide bonds. The van der Waals surface area contributed by atoms with Crippen molar-refractivity contribution in [2.45, 2.75) is 64.8 Å².